The van der Waals surface area contributed by atoms with Gasteiger partial charge in [-0.1, -0.05) is 82.3 Å². The van der Waals surface area contributed by atoms with E-state index in [0.717, 1.165) is 16.5 Å². The number of H-pyrrole nitrogens is 1. The van der Waals surface area contributed by atoms with Crippen LogP contribution in [0.5, 0.6) is 5.75 Å². The van der Waals surface area contributed by atoms with E-state index in [4.69, 9.17) is 39.2 Å². The fraction of sp³-hybridized carbons (Fsp3) is 0.560. The molecule has 42 nitrogen and oxygen atoms in total. The fourth-order valence-electron chi connectivity index (χ4n) is 14.1. The Bertz CT molecular complexity index is 4480. The number of aliphatic hydroxyl groups excluding tert-OH is 2. The van der Waals surface area contributed by atoms with Crippen molar-refractivity contribution in [1.29, 1.82) is 16.2 Å². The minimum Gasteiger partial charge on any atom is -0.507 e. The highest BCUT2D eigenvalue weighted by Gasteiger charge is 2.42. The summed E-state index contributed by atoms with van der Waals surface area (Å²) in [6.07, 6.45) is 1.17. The van der Waals surface area contributed by atoms with Crippen LogP contribution >= 0.6 is 59.6 Å². The molecule has 0 spiro atoms. The second-order valence-electron chi connectivity index (χ2n) is 32.4. The number of amides is 13. The molecule has 1 fully saturated rings. The van der Waals surface area contributed by atoms with Crippen molar-refractivity contribution in [3.8, 4) is 5.75 Å². The third-order valence-corrected chi connectivity index (χ3v) is 23.3. The number of thioether (sulfide) groups is 1. The number of phenolic OH excluding ortho intramolecular Hbond substituents is 1. The summed E-state index contributed by atoms with van der Waals surface area (Å²) < 4.78 is 0.597. The topological polar surface area (TPSA) is 695 Å². The van der Waals surface area contributed by atoms with Gasteiger partial charge in [0.1, 0.15) is 72.2 Å². The smallest absolute Gasteiger partial charge is 0.326 e. The van der Waals surface area contributed by atoms with Gasteiger partial charge in [0.2, 0.25) is 76.8 Å². The highest BCUT2D eigenvalue weighted by molar-refractivity contribution is 14.1. The van der Waals surface area contributed by atoms with Gasteiger partial charge >= 0.3 is 5.97 Å². The molecule has 0 radical (unpaired) electrons. The quantitative estimate of drug-likeness (QED) is 0.00707. The van der Waals surface area contributed by atoms with Crippen LogP contribution in [0.25, 0.3) is 10.9 Å². The molecule has 4 aromatic rings. The zero-order valence-corrected chi connectivity index (χ0v) is 78.3. The number of halogens is 1. The molecular formula is C84H129IN24O18S3. The van der Waals surface area contributed by atoms with Gasteiger partial charge in [-0.05, 0) is 171 Å². The number of benzene rings is 3. The number of nitrogens with zero attached hydrogens (tertiary/aromatic N) is 1. The van der Waals surface area contributed by atoms with E-state index < -0.39 is 192 Å². The molecule has 13 amide bonds. The Kier molecular flexibility index (Phi) is 48.3. The van der Waals surface area contributed by atoms with E-state index in [1.54, 1.807) is 94.7 Å². The predicted molar refractivity (Wildman–Crippen MR) is 505 cm³/mol. The van der Waals surface area contributed by atoms with E-state index in [1.165, 1.54) is 22.7 Å². The van der Waals surface area contributed by atoms with Gasteiger partial charge < -0.3 is 133 Å². The van der Waals surface area contributed by atoms with Crippen molar-refractivity contribution in [2.75, 3.05) is 62.8 Å². The van der Waals surface area contributed by atoms with Crippen LogP contribution in [0, 0.1) is 31.6 Å². The summed E-state index contributed by atoms with van der Waals surface area (Å²) in [5.74, 6) is -14.2. The van der Waals surface area contributed by atoms with Crippen molar-refractivity contribution in [2.45, 2.75) is 222 Å². The summed E-state index contributed by atoms with van der Waals surface area (Å²) in [6.45, 7) is 6.26. The molecule has 718 valence electrons. The zero-order valence-electron chi connectivity index (χ0n) is 73.6. The Morgan fingerprint density at radius 2 is 1.05 bits per heavy atom. The first-order valence-corrected chi connectivity index (χ1v) is 46.7. The van der Waals surface area contributed by atoms with Crippen LogP contribution < -0.4 is 103 Å². The number of para-hydroxylation sites is 1. The van der Waals surface area contributed by atoms with Gasteiger partial charge in [0.15, 0.2) is 17.9 Å². The number of hydrogen-bond acceptors (Lipinski definition) is 24. The number of rotatable bonds is 58. The average Bonchev–Trinajstić information content (AvgIpc) is 1.64. The number of carboxylic acid groups (broad SMARTS) is 1. The van der Waals surface area contributed by atoms with Crippen molar-refractivity contribution in [2.24, 2.45) is 34.8 Å². The van der Waals surface area contributed by atoms with E-state index in [-0.39, 0.29) is 164 Å². The Balaban J connectivity index is 1.25. The van der Waals surface area contributed by atoms with Gasteiger partial charge in [-0.3, -0.25) is 78.6 Å². The van der Waals surface area contributed by atoms with Crippen molar-refractivity contribution in [1.82, 2.24) is 89.6 Å². The Morgan fingerprint density at radius 3 is 1.62 bits per heavy atom. The van der Waals surface area contributed by atoms with Crippen LogP contribution in [-0.4, -0.2) is 278 Å². The van der Waals surface area contributed by atoms with Crippen LogP contribution in [0.1, 0.15) is 134 Å². The van der Waals surface area contributed by atoms with Gasteiger partial charge in [-0.15, -0.1) is 0 Å². The standard InChI is InChI=1S/C84H129IN24O18S3/c1-45(2)35-60(103-73(118)58(28-34-130-5)101-76(121)63(43-128)106-72(117)56(19-11-29-94-82(87)88)99-67(113)40-51(111)25-24-50(110)27-32-93-70(115)54(86)37-48-23-26-66(112)53(85)36-48)71(116)98-42-68(114)100-57(20-12-30-95-83(89)90)74(119)108-69(46(3)4)79(124)104-61(38-47-15-7-6-8-16-47)75(120)102-59(21-13-31-96-84(91)92)80(125)109-33-14-22-65(109)78(123)107-64(44-129)77(122)105-62(81(126)127)39-49-41-97-55-18-10-9-17-52(49)55/h6-10,15-18,23,26,36,41,45-46,50-51,54,56-65,69,97,110-112,128-129H,11-14,19-22,24-25,27-35,37-40,42-44,86H2,1-5H3,(H,93,115)(H,98,116)(H,99,113)(H,100,114)(H,101,121)(H,102,120)(H,103,118)(H,104,124)(H,105,122)(H,106,117)(H,107,123)(H,108,119)(H,126,127)(H4,87,88,94)(H4,89,90,95)(H4,91,92,96)/t50?,51?,54-,56-,57-,58-,59-,60-,61-,62-,63-,64-,65-,69-/m0/s1. The van der Waals surface area contributed by atoms with Gasteiger partial charge in [-0.2, -0.15) is 37.0 Å². The monoisotopic (exact) mass is 1980 g/mol. The molecule has 3 aromatic carbocycles. The van der Waals surface area contributed by atoms with Crippen LogP contribution in [0.4, 0.5) is 0 Å². The summed E-state index contributed by atoms with van der Waals surface area (Å²) in [6, 6.07) is 4.55. The summed E-state index contributed by atoms with van der Waals surface area (Å²) in [4.78, 5) is 201. The molecule has 31 N–H and O–H groups in total. The third kappa shape index (κ3) is 39.0. The lowest BCUT2D eigenvalue weighted by atomic mass is 9.99. The summed E-state index contributed by atoms with van der Waals surface area (Å²) in [7, 11) is 0. The highest BCUT2D eigenvalue weighted by atomic mass is 127. The fourth-order valence-corrected chi connectivity index (χ4v) is 15.7. The van der Waals surface area contributed by atoms with Crippen LogP contribution in [0.15, 0.2) is 79.0 Å². The van der Waals surface area contributed by atoms with Gasteiger partial charge in [0.25, 0.3) is 0 Å². The number of nitrogens with one attached hydrogen (secondary N) is 19. The number of aromatic nitrogens is 1. The molecule has 130 heavy (non-hydrogen) atoms. The van der Waals surface area contributed by atoms with Gasteiger partial charge in [0, 0.05) is 74.2 Å². The number of nitrogens with two attached hydrogens (primary N) is 4. The van der Waals surface area contributed by atoms with Gasteiger partial charge in [0.05, 0.1) is 34.8 Å². The average molecular weight is 1990 g/mol. The Morgan fingerprint density at radius 1 is 0.531 bits per heavy atom. The van der Waals surface area contributed by atoms with Crippen molar-refractivity contribution < 1.29 is 87.5 Å². The molecule has 2 heterocycles. The number of carboxylic acids is 1. The number of hydrogen-bond donors (Lipinski definition) is 29. The lowest BCUT2D eigenvalue weighted by Gasteiger charge is -2.31. The molecule has 1 aliphatic rings. The van der Waals surface area contributed by atoms with Gasteiger partial charge in [-0.25, -0.2) is 4.79 Å². The molecule has 0 saturated carbocycles. The number of aromatic amines is 1. The SMILES string of the molecule is CSCC[C@H](NC(=O)[C@H](CS)NC(=O)[C@H](CCCNC(=N)N)NC(=O)CC(O)CCC(O)CCNC(=O)[C@@H](N)Cc1ccc(O)c(I)c1)C(=O)N[C@@H](CC(C)C)C(=O)NCC(=O)N[C@@H](CCCNC(=N)N)C(=O)N[C@H](C(=O)N[C@@H](Cc1ccccc1)C(=O)N[C@@H](CCCNC(=N)N)C(=O)N1CCC[C@H]1C(=O)N[C@@H](CS)C(=O)N[C@@H](Cc1c[nH]c2ccccc12)C(=O)O)C(C)C. The molecular weight excluding hydrogens is 1860 g/mol. The van der Waals surface area contributed by atoms with Crippen molar-refractivity contribution in [3.05, 3.63) is 99.3 Å². The van der Waals surface area contributed by atoms with E-state index in [2.05, 4.69) is 110 Å². The number of aromatic hydroxyl groups is 1. The second-order valence-corrected chi connectivity index (χ2v) is 35.3. The van der Waals surface area contributed by atoms with E-state index in [1.807, 2.05) is 34.7 Å². The number of carbonyl (C=O) groups excluding carboxylic acids is 13. The lowest BCUT2D eigenvalue weighted by molar-refractivity contribution is -0.143. The molecule has 0 aliphatic carbocycles. The summed E-state index contributed by atoms with van der Waals surface area (Å²) in [5, 5.41) is 105. The minimum absolute atomic E-state index is 0.00340. The maximum atomic E-state index is 15.0. The molecule has 0 bridgehead atoms. The van der Waals surface area contributed by atoms with E-state index in [0.29, 0.717) is 26.9 Å². The first-order chi connectivity index (χ1) is 61.7. The minimum atomic E-state index is -1.47. The van der Waals surface area contributed by atoms with Crippen LogP contribution in [-0.2, 0) is 86.4 Å². The zero-order chi connectivity index (χ0) is 96.3. The third-order valence-electron chi connectivity index (χ3n) is 21.1. The van der Waals surface area contributed by atoms with Crippen molar-refractivity contribution >= 4 is 171 Å². The molecule has 1 aliphatic heterocycles. The first-order valence-electron chi connectivity index (χ1n) is 43.0. The molecule has 1 aromatic heterocycles. The number of phenols is 1. The summed E-state index contributed by atoms with van der Waals surface area (Å²) >= 11 is 11.9. The normalized spacial score (nSPS) is 15.4. The number of carbonyl (C=O) groups is 14. The molecule has 2 unspecified atom stereocenters. The highest BCUT2D eigenvalue weighted by Crippen LogP contribution is 2.25. The van der Waals surface area contributed by atoms with E-state index >= 15 is 0 Å². The Labute approximate surface area is 783 Å². The lowest BCUT2D eigenvalue weighted by Crippen LogP contribution is -2.61. The predicted octanol–water partition coefficient (Wildman–Crippen LogP) is -2.62. The number of guanidine groups is 3. The molecule has 5 rings (SSSR count). The second kappa shape index (κ2) is 57.3. The molecule has 1 saturated heterocycles. The maximum Gasteiger partial charge on any atom is 0.326 e. The number of fused-ring (bicyclic) bond motifs is 1. The van der Waals surface area contributed by atoms with Crippen LogP contribution in [0.3, 0.4) is 0 Å². The molecule has 14 atom stereocenters. The van der Waals surface area contributed by atoms with E-state index in [9.17, 15) is 87.5 Å². The first kappa shape index (κ1) is 110. The number of likely N-dealkylation sites (tertiary alicyclic amines) is 1. The summed E-state index contributed by atoms with van der Waals surface area (Å²) in [5.41, 5.74) is 25.4. The number of thiol groups is 2. The number of aliphatic carboxylic acids is 1. The van der Waals surface area contributed by atoms with Crippen molar-refractivity contribution in [3.63, 3.8) is 0 Å². The maximum absolute atomic E-state index is 15.0. The molecule has 46 heteroatoms. The largest absolute Gasteiger partial charge is 0.507 e. The van der Waals surface area contributed by atoms with Crippen LogP contribution in [0.2, 0.25) is 0 Å². The number of aliphatic hydroxyl groups is 2. The Hall–Kier alpha value is -11.0.